The predicted molar refractivity (Wildman–Crippen MR) is 81.2 cm³/mol. The average Bonchev–Trinajstić information content (AvgIpc) is 2.46. The van der Waals surface area contributed by atoms with Crippen molar-refractivity contribution in [3.05, 3.63) is 59.7 Å². The summed E-state index contributed by atoms with van der Waals surface area (Å²) in [7, 11) is 0. The first-order valence-electron chi connectivity index (χ1n) is 5.78. The van der Waals surface area contributed by atoms with Gasteiger partial charge in [-0.1, -0.05) is 12.1 Å². The lowest BCUT2D eigenvalue weighted by Crippen LogP contribution is -1.94. The number of carboxylic acid groups (broad SMARTS) is 1. The van der Waals surface area contributed by atoms with Crippen molar-refractivity contribution in [2.75, 3.05) is 6.26 Å². The minimum absolute atomic E-state index is 0.327. The minimum atomic E-state index is -0.885. The highest BCUT2D eigenvalue weighted by Gasteiger charge is 2.02. The lowest BCUT2D eigenvalue weighted by atomic mass is 10.2. The summed E-state index contributed by atoms with van der Waals surface area (Å²) in [5.74, 6) is 0.00496. The molecule has 4 heteroatoms. The Labute approximate surface area is 121 Å². The molecule has 2 aromatic carbocycles. The van der Waals surface area contributed by atoms with Crippen molar-refractivity contribution < 1.29 is 9.90 Å². The molecule has 0 radical (unpaired) electrons. The summed E-state index contributed by atoms with van der Waals surface area (Å²) in [5.41, 5.74) is 1.60. The number of aromatic carboxylic acids is 1. The normalized spacial score (nSPS) is 10.4. The Kier molecular flexibility index (Phi) is 4.93. The minimum Gasteiger partial charge on any atom is -0.478 e. The van der Waals surface area contributed by atoms with Gasteiger partial charge in [-0.05, 0) is 48.2 Å². The summed E-state index contributed by atoms with van der Waals surface area (Å²) in [6, 6.07) is 15.5. The van der Waals surface area contributed by atoms with Crippen LogP contribution in [0.3, 0.4) is 0 Å². The molecule has 0 spiro atoms. The van der Waals surface area contributed by atoms with E-state index in [1.54, 1.807) is 35.7 Å². The van der Waals surface area contributed by atoms with Crippen LogP contribution < -0.4 is 0 Å². The molecule has 0 unspecified atom stereocenters. The first kappa shape index (κ1) is 14.0. The molecule has 0 aliphatic rings. The third-order valence-electron chi connectivity index (χ3n) is 2.67. The van der Waals surface area contributed by atoms with Crippen LogP contribution in [0.4, 0.5) is 0 Å². The van der Waals surface area contributed by atoms with Crippen LogP contribution in [0, 0.1) is 0 Å². The highest BCUT2D eigenvalue weighted by atomic mass is 32.2. The average molecular weight is 290 g/mol. The summed E-state index contributed by atoms with van der Waals surface area (Å²) in [4.78, 5) is 13.1. The first-order chi connectivity index (χ1) is 9.19. The van der Waals surface area contributed by atoms with Gasteiger partial charge in [0.15, 0.2) is 0 Å². The van der Waals surface area contributed by atoms with Crippen LogP contribution in [0.1, 0.15) is 15.9 Å². The van der Waals surface area contributed by atoms with Gasteiger partial charge in [-0.15, -0.1) is 23.5 Å². The van der Waals surface area contributed by atoms with Gasteiger partial charge in [0.05, 0.1) is 5.56 Å². The Hall–Kier alpha value is -1.39. The van der Waals surface area contributed by atoms with Crippen LogP contribution in [0.2, 0.25) is 0 Å². The predicted octanol–water partition coefficient (Wildman–Crippen LogP) is 4.40. The van der Waals surface area contributed by atoms with Gasteiger partial charge in [0.1, 0.15) is 0 Å². The Bertz CT molecular complexity index is 547. The second kappa shape index (κ2) is 6.68. The molecule has 0 atom stereocenters. The monoisotopic (exact) mass is 290 g/mol. The summed E-state index contributed by atoms with van der Waals surface area (Å²) < 4.78 is 0. The van der Waals surface area contributed by atoms with Crippen molar-refractivity contribution >= 4 is 29.5 Å². The molecular weight excluding hydrogens is 276 g/mol. The molecule has 98 valence electrons. The molecule has 0 amide bonds. The number of carbonyl (C=O) groups is 1. The standard InChI is InChI=1S/C15H14O2S2/c1-18-13-6-2-11(3-7-13)10-19-14-8-4-12(5-9-14)15(16)17/h2-9H,10H2,1H3,(H,16,17). The van der Waals surface area contributed by atoms with Gasteiger partial charge in [-0.25, -0.2) is 4.79 Å². The Morgan fingerprint density at radius 1 is 1.00 bits per heavy atom. The fraction of sp³-hybridized carbons (Fsp3) is 0.133. The highest BCUT2D eigenvalue weighted by molar-refractivity contribution is 7.98. The number of rotatable bonds is 5. The van der Waals surface area contributed by atoms with Crippen molar-refractivity contribution in [3.63, 3.8) is 0 Å². The van der Waals surface area contributed by atoms with E-state index in [9.17, 15) is 4.79 Å². The number of benzene rings is 2. The molecule has 1 N–H and O–H groups in total. The lowest BCUT2D eigenvalue weighted by Gasteiger charge is -2.03. The molecule has 2 aromatic rings. The zero-order chi connectivity index (χ0) is 13.7. The molecule has 0 saturated heterocycles. The maximum absolute atomic E-state index is 10.7. The molecule has 0 aromatic heterocycles. The van der Waals surface area contributed by atoms with E-state index in [1.807, 2.05) is 12.1 Å². The van der Waals surface area contributed by atoms with Gasteiger partial charge >= 0.3 is 5.97 Å². The van der Waals surface area contributed by atoms with Crippen LogP contribution in [-0.2, 0) is 5.75 Å². The van der Waals surface area contributed by atoms with E-state index in [1.165, 1.54) is 10.5 Å². The fourth-order valence-electron chi connectivity index (χ4n) is 1.58. The SMILES string of the molecule is CSc1ccc(CSc2ccc(C(=O)O)cc2)cc1. The van der Waals surface area contributed by atoms with Crippen molar-refractivity contribution in [1.82, 2.24) is 0 Å². The van der Waals surface area contributed by atoms with Crippen LogP contribution in [-0.4, -0.2) is 17.3 Å². The molecule has 0 heterocycles. The molecule has 0 aliphatic carbocycles. The van der Waals surface area contributed by atoms with Crippen LogP contribution in [0.15, 0.2) is 58.3 Å². The number of hydrogen-bond acceptors (Lipinski definition) is 3. The van der Waals surface area contributed by atoms with Gasteiger partial charge in [0.25, 0.3) is 0 Å². The zero-order valence-electron chi connectivity index (χ0n) is 10.5. The molecule has 0 fully saturated rings. The van der Waals surface area contributed by atoms with Gasteiger partial charge in [-0.2, -0.15) is 0 Å². The highest BCUT2D eigenvalue weighted by Crippen LogP contribution is 2.24. The van der Waals surface area contributed by atoms with Crippen molar-refractivity contribution in [2.24, 2.45) is 0 Å². The van der Waals surface area contributed by atoms with Crippen molar-refractivity contribution in [2.45, 2.75) is 15.5 Å². The maximum atomic E-state index is 10.7. The Balaban J connectivity index is 1.95. The smallest absolute Gasteiger partial charge is 0.335 e. The summed E-state index contributed by atoms with van der Waals surface area (Å²) in [5, 5.41) is 8.82. The van der Waals surface area contributed by atoms with Gasteiger partial charge in [-0.3, -0.25) is 0 Å². The van der Waals surface area contributed by atoms with Gasteiger partial charge in [0, 0.05) is 15.5 Å². The third-order valence-corrected chi connectivity index (χ3v) is 4.49. The lowest BCUT2D eigenvalue weighted by molar-refractivity contribution is 0.0697. The summed E-state index contributed by atoms with van der Waals surface area (Å²) >= 11 is 3.44. The Morgan fingerprint density at radius 3 is 2.11 bits per heavy atom. The molecule has 2 nitrogen and oxygen atoms in total. The summed E-state index contributed by atoms with van der Waals surface area (Å²) in [6.07, 6.45) is 2.06. The molecule has 0 aliphatic heterocycles. The summed E-state index contributed by atoms with van der Waals surface area (Å²) in [6.45, 7) is 0. The molecule has 0 saturated carbocycles. The van der Waals surface area contributed by atoms with E-state index < -0.39 is 5.97 Å². The quantitative estimate of drug-likeness (QED) is 0.828. The van der Waals surface area contributed by atoms with E-state index in [2.05, 4.69) is 30.5 Å². The van der Waals surface area contributed by atoms with Crippen LogP contribution in [0.5, 0.6) is 0 Å². The van der Waals surface area contributed by atoms with E-state index >= 15 is 0 Å². The molecule has 19 heavy (non-hydrogen) atoms. The van der Waals surface area contributed by atoms with Gasteiger partial charge in [0.2, 0.25) is 0 Å². The largest absolute Gasteiger partial charge is 0.478 e. The van der Waals surface area contributed by atoms with Crippen LogP contribution in [0.25, 0.3) is 0 Å². The first-order valence-corrected chi connectivity index (χ1v) is 7.99. The number of thioether (sulfide) groups is 2. The van der Waals surface area contributed by atoms with E-state index in [4.69, 9.17) is 5.11 Å². The maximum Gasteiger partial charge on any atom is 0.335 e. The van der Waals surface area contributed by atoms with Crippen molar-refractivity contribution in [1.29, 1.82) is 0 Å². The number of carboxylic acids is 1. The van der Waals surface area contributed by atoms with E-state index in [0.29, 0.717) is 5.56 Å². The molecule has 0 bridgehead atoms. The second-order valence-electron chi connectivity index (χ2n) is 3.97. The molecule has 2 rings (SSSR count). The topological polar surface area (TPSA) is 37.3 Å². The number of hydrogen-bond donors (Lipinski definition) is 1. The Morgan fingerprint density at radius 2 is 1.58 bits per heavy atom. The second-order valence-corrected chi connectivity index (χ2v) is 5.89. The molecular formula is C15H14O2S2. The van der Waals surface area contributed by atoms with Crippen molar-refractivity contribution in [3.8, 4) is 0 Å². The third kappa shape index (κ3) is 4.04. The van der Waals surface area contributed by atoms with Gasteiger partial charge < -0.3 is 5.11 Å². The van der Waals surface area contributed by atoms with Crippen LogP contribution >= 0.6 is 23.5 Å². The zero-order valence-corrected chi connectivity index (χ0v) is 12.1. The van der Waals surface area contributed by atoms with E-state index in [-0.39, 0.29) is 0 Å². The fourth-order valence-corrected chi connectivity index (χ4v) is 2.84. The van der Waals surface area contributed by atoms with E-state index in [0.717, 1.165) is 10.6 Å².